The van der Waals surface area contributed by atoms with E-state index in [9.17, 15) is 14.4 Å². The molecule has 0 atom stereocenters. The fourth-order valence-electron chi connectivity index (χ4n) is 3.18. The fraction of sp³-hybridized carbons (Fsp3) is 0.609. The number of carbonyl (C=O) groups is 3. The Kier molecular flexibility index (Phi) is 15.9. The number of unbranched alkanes of at least 4 members (excludes halogenated alkanes) is 10. The van der Waals surface area contributed by atoms with Crippen LogP contribution >= 0.6 is 0 Å². The van der Waals surface area contributed by atoms with Gasteiger partial charge in [-0.2, -0.15) is 0 Å². The zero-order valence-corrected chi connectivity index (χ0v) is 18.5. The molecule has 7 N–H and O–H groups in total. The quantitative estimate of drug-likeness (QED) is 0.194. The Balaban J connectivity index is 0.000000581. The van der Waals surface area contributed by atoms with Crippen molar-refractivity contribution in [2.45, 2.75) is 90.1 Å². The Hall–Kier alpha value is -2.45. The minimum absolute atomic E-state index is 0.0986. The molecule has 0 spiro atoms. The van der Waals surface area contributed by atoms with Gasteiger partial charge in [0.15, 0.2) is 0 Å². The second-order valence-electron chi connectivity index (χ2n) is 7.63. The van der Waals surface area contributed by atoms with E-state index in [4.69, 9.17) is 26.8 Å². The predicted molar refractivity (Wildman–Crippen MR) is 121 cm³/mol. The molecule has 1 aromatic rings. The SMILES string of the molecule is CCCCCCCCCCCCCC(N)N.O=C(O)c1cccc(C(=O)O)c1C(=O)O. The van der Waals surface area contributed by atoms with E-state index in [-0.39, 0.29) is 6.17 Å². The zero-order chi connectivity index (χ0) is 23.6. The molecule has 0 saturated carbocycles. The van der Waals surface area contributed by atoms with Gasteiger partial charge in [-0.05, 0) is 18.6 Å². The van der Waals surface area contributed by atoms with Gasteiger partial charge in [-0.3, -0.25) is 0 Å². The second kappa shape index (κ2) is 17.3. The summed E-state index contributed by atoms with van der Waals surface area (Å²) in [6, 6.07) is 3.26. The largest absolute Gasteiger partial charge is 0.478 e. The van der Waals surface area contributed by atoms with E-state index < -0.39 is 34.6 Å². The molecule has 0 aliphatic heterocycles. The smallest absolute Gasteiger partial charge is 0.337 e. The minimum atomic E-state index is -1.58. The molecule has 8 nitrogen and oxygen atoms in total. The Bertz CT molecular complexity index is 644. The van der Waals surface area contributed by atoms with Crippen LogP contribution in [0.4, 0.5) is 0 Å². The monoisotopic (exact) mass is 438 g/mol. The summed E-state index contributed by atoms with van der Waals surface area (Å²) in [5.74, 6) is -4.53. The third kappa shape index (κ3) is 13.5. The summed E-state index contributed by atoms with van der Waals surface area (Å²) in [6.07, 6.45) is 16.1. The molecule has 1 rings (SSSR count). The minimum Gasteiger partial charge on any atom is -0.478 e. The molecule has 0 bridgehead atoms. The van der Waals surface area contributed by atoms with Crippen LogP contribution in [0.3, 0.4) is 0 Å². The normalized spacial score (nSPS) is 10.5. The summed E-state index contributed by atoms with van der Waals surface area (Å²) in [5.41, 5.74) is 9.19. The maximum absolute atomic E-state index is 10.7. The number of benzene rings is 1. The van der Waals surface area contributed by atoms with Crippen molar-refractivity contribution in [3.63, 3.8) is 0 Å². The van der Waals surface area contributed by atoms with E-state index in [1.54, 1.807) is 0 Å². The molecule has 0 amide bonds. The van der Waals surface area contributed by atoms with Crippen LogP contribution in [-0.2, 0) is 0 Å². The molecule has 31 heavy (non-hydrogen) atoms. The van der Waals surface area contributed by atoms with Crippen LogP contribution in [0.1, 0.15) is 115 Å². The average Bonchev–Trinajstić information content (AvgIpc) is 2.71. The van der Waals surface area contributed by atoms with Crippen molar-refractivity contribution >= 4 is 17.9 Å². The van der Waals surface area contributed by atoms with Crippen LogP contribution in [-0.4, -0.2) is 39.4 Å². The van der Waals surface area contributed by atoms with Crippen LogP contribution in [0, 0.1) is 0 Å². The molecular weight excluding hydrogens is 400 g/mol. The van der Waals surface area contributed by atoms with Gasteiger partial charge >= 0.3 is 17.9 Å². The van der Waals surface area contributed by atoms with Crippen molar-refractivity contribution in [2.24, 2.45) is 11.5 Å². The van der Waals surface area contributed by atoms with Crippen LogP contribution in [0.5, 0.6) is 0 Å². The number of aromatic carboxylic acids is 3. The van der Waals surface area contributed by atoms with Crippen molar-refractivity contribution in [1.82, 2.24) is 0 Å². The highest BCUT2D eigenvalue weighted by Gasteiger charge is 2.23. The van der Waals surface area contributed by atoms with E-state index in [0.717, 1.165) is 18.6 Å². The molecule has 0 aliphatic rings. The van der Waals surface area contributed by atoms with Crippen molar-refractivity contribution in [3.8, 4) is 0 Å². The highest BCUT2D eigenvalue weighted by atomic mass is 16.4. The molecule has 8 heteroatoms. The lowest BCUT2D eigenvalue weighted by Gasteiger charge is -2.04. The Morgan fingerprint density at radius 2 is 1.10 bits per heavy atom. The molecule has 0 radical (unpaired) electrons. The summed E-state index contributed by atoms with van der Waals surface area (Å²) < 4.78 is 0. The number of nitrogens with two attached hydrogens (primary N) is 2. The lowest BCUT2D eigenvalue weighted by atomic mass is 10.0. The third-order valence-corrected chi connectivity index (χ3v) is 4.88. The van der Waals surface area contributed by atoms with Gasteiger partial charge in [0.25, 0.3) is 0 Å². The van der Waals surface area contributed by atoms with Gasteiger partial charge in [-0.15, -0.1) is 0 Å². The molecule has 1 aromatic carbocycles. The molecule has 0 fully saturated rings. The van der Waals surface area contributed by atoms with E-state index in [1.807, 2.05) is 0 Å². The topological polar surface area (TPSA) is 164 Å². The number of carboxylic acids is 3. The maximum Gasteiger partial charge on any atom is 0.337 e. The lowest BCUT2D eigenvalue weighted by Crippen LogP contribution is -2.29. The molecule has 0 aromatic heterocycles. The average molecular weight is 439 g/mol. The fourth-order valence-corrected chi connectivity index (χ4v) is 3.18. The van der Waals surface area contributed by atoms with E-state index in [0.29, 0.717) is 0 Å². The summed E-state index contributed by atoms with van der Waals surface area (Å²) in [4.78, 5) is 32.0. The van der Waals surface area contributed by atoms with Gasteiger partial charge in [0.1, 0.15) is 0 Å². The van der Waals surface area contributed by atoms with Crippen molar-refractivity contribution in [1.29, 1.82) is 0 Å². The number of hydrogen-bond donors (Lipinski definition) is 5. The predicted octanol–water partition coefficient (Wildman–Crippen LogP) is 4.71. The Morgan fingerprint density at radius 1 is 0.710 bits per heavy atom. The Morgan fingerprint density at radius 3 is 1.42 bits per heavy atom. The zero-order valence-electron chi connectivity index (χ0n) is 18.5. The number of carboxylic acid groups (broad SMARTS) is 3. The highest BCUT2D eigenvalue weighted by Crippen LogP contribution is 2.15. The number of rotatable bonds is 15. The molecule has 176 valence electrons. The summed E-state index contributed by atoms with van der Waals surface area (Å²) in [5, 5.41) is 26.0. The van der Waals surface area contributed by atoms with Gasteiger partial charge in [0.05, 0.1) is 22.9 Å². The first kappa shape index (κ1) is 28.5. The first-order valence-corrected chi connectivity index (χ1v) is 11.1. The number of hydrogen-bond acceptors (Lipinski definition) is 5. The van der Waals surface area contributed by atoms with Crippen LogP contribution in [0.2, 0.25) is 0 Å². The summed E-state index contributed by atoms with van der Waals surface area (Å²) in [7, 11) is 0. The molecule has 0 aliphatic carbocycles. The van der Waals surface area contributed by atoms with Crippen molar-refractivity contribution < 1.29 is 29.7 Å². The van der Waals surface area contributed by atoms with Gasteiger partial charge in [0.2, 0.25) is 0 Å². The van der Waals surface area contributed by atoms with Gasteiger partial charge in [-0.25, -0.2) is 14.4 Å². The molecule has 0 unspecified atom stereocenters. The first-order chi connectivity index (χ1) is 14.7. The summed E-state index contributed by atoms with van der Waals surface area (Å²) in [6.45, 7) is 2.27. The van der Waals surface area contributed by atoms with Crippen LogP contribution in [0.15, 0.2) is 18.2 Å². The molecular formula is C23H38N2O6. The van der Waals surface area contributed by atoms with Gasteiger partial charge < -0.3 is 26.8 Å². The van der Waals surface area contributed by atoms with Gasteiger partial charge in [-0.1, -0.05) is 83.6 Å². The van der Waals surface area contributed by atoms with Crippen molar-refractivity contribution in [2.75, 3.05) is 0 Å². The maximum atomic E-state index is 10.7. The van der Waals surface area contributed by atoms with Crippen molar-refractivity contribution in [3.05, 3.63) is 34.9 Å². The third-order valence-electron chi connectivity index (χ3n) is 4.88. The van der Waals surface area contributed by atoms with Crippen LogP contribution < -0.4 is 11.5 Å². The standard InChI is InChI=1S/C14H32N2.C9H6O6/c1-2-3-4-5-6-7-8-9-10-11-12-13-14(15)16;10-7(11)4-2-1-3-5(8(12)13)6(4)9(14)15/h14H,2-13,15-16H2,1H3;1-3H,(H,10,11)(H,12,13)(H,14,15). The van der Waals surface area contributed by atoms with E-state index in [1.165, 1.54) is 76.7 Å². The van der Waals surface area contributed by atoms with Gasteiger partial charge in [0, 0.05) is 0 Å². The lowest BCUT2D eigenvalue weighted by molar-refractivity contribution is 0.0633. The summed E-state index contributed by atoms with van der Waals surface area (Å²) >= 11 is 0. The highest BCUT2D eigenvalue weighted by molar-refractivity contribution is 6.09. The molecule has 0 heterocycles. The molecule has 0 saturated heterocycles. The Labute approximate surface area is 184 Å². The first-order valence-electron chi connectivity index (χ1n) is 11.1. The van der Waals surface area contributed by atoms with Crippen LogP contribution in [0.25, 0.3) is 0 Å². The second-order valence-corrected chi connectivity index (χ2v) is 7.63. The van der Waals surface area contributed by atoms with E-state index >= 15 is 0 Å². The van der Waals surface area contributed by atoms with E-state index in [2.05, 4.69) is 6.92 Å².